The molecule has 0 amide bonds. The summed E-state index contributed by atoms with van der Waals surface area (Å²) in [6.07, 6.45) is 1.56. The number of rotatable bonds is 4. The van der Waals surface area contributed by atoms with Crippen LogP contribution in [0.3, 0.4) is 0 Å². The molecule has 6 nitrogen and oxygen atoms in total. The highest BCUT2D eigenvalue weighted by Crippen LogP contribution is 2.20. The first-order valence-electron chi connectivity index (χ1n) is 6.09. The van der Waals surface area contributed by atoms with Crippen molar-refractivity contribution < 1.29 is 18.3 Å². The zero-order chi connectivity index (χ0) is 15.6. The second-order valence-corrected chi connectivity index (χ2v) is 6.21. The first-order chi connectivity index (χ1) is 9.81. The molecule has 2 aromatic rings. The van der Waals surface area contributed by atoms with E-state index in [0.29, 0.717) is 16.9 Å². The Morgan fingerprint density at radius 3 is 2.57 bits per heavy atom. The molecular formula is C14H14N2O4S. The number of pyridine rings is 1. The molecule has 0 saturated heterocycles. The van der Waals surface area contributed by atoms with Gasteiger partial charge in [-0.15, -0.1) is 0 Å². The van der Waals surface area contributed by atoms with E-state index in [-0.39, 0.29) is 10.5 Å². The van der Waals surface area contributed by atoms with Crippen LogP contribution in [-0.2, 0) is 10.0 Å². The lowest BCUT2D eigenvalue weighted by molar-refractivity contribution is 0.0696. The van der Waals surface area contributed by atoms with Crippen LogP contribution in [0.25, 0.3) is 0 Å². The monoisotopic (exact) mass is 306 g/mol. The van der Waals surface area contributed by atoms with E-state index >= 15 is 0 Å². The van der Waals surface area contributed by atoms with Crippen LogP contribution < -0.4 is 4.72 Å². The fourth-order valence-electron chi connectivity index (χ4n) is 1.79. The van der Waals surface area contributed by atoms with E-state index in [1.54, 1.807) is 32.2 Å². The molecule has 1 heterocycles. The standard InChI is InChI=1S/C14H14N2O4S/c1-9-5-6-11(8-12(9)14(17)18)21(19,20)16-13-4-3-7-15-10(13)2/h3-8,16H,1-2H3,(H,17,18). The van der Waals surface area contributed by atoms with Gasteiger partial charge in [0.25, 0.3) is 10.0 Å². The molecule has 0 unspecified atom stereocenters. The Hall–Kier alpha value is -2.41. The number of aromatic carboxylic acids is 1. The van der Waals surface area contributed by atoms with Gasteiger partial charge in [0.2, 0.25) is 0 Å². The minimum Gasteiger partial charge on any atom is -0.478 e. The fraction of sp³-hybridized carbons (Fsp3) is 0.143. The topological polar surface area (TPSA) is 96.4 Å². The van der Waals surface area contributed by atoms with E-state index in [1.165, 1.54) is 12.1 Å². The molecule has 110 valence electrons. The average Bonchev–Trinajstić information content (AvgIpc) is 2.41. The van der Waals surface area contributed by atoms with Crippen molar-refractivity contribution in [2.24, 2.45) is 0 Å². The van der Waals surface area contributed by atoms with Crippen molar-refractivity contribution in [3.05, 3.63) is 53.3 Å². The lowest BCUT2D eigenvalue weighted by atomic mass is 10.1. The molecule has 0 aliphatic carbocycles. The van der Waals surface area contributed by atoms with Gasteiger partial charge in [0.1, 0.15) is 0 Å². The highest BCUT2D eigenvalue weighted by molar-refractivity contribution is 7.92. The molecule has 0 fully saturated rings. The number of anilines is 1. The average molecular weight is 306 g/mol. The lowest BCUT2D eigenvalue weighted by Gasteiger charge is -2.11. The summed E-state index contributed by atoms with van der Waals surface area (Å²) in [7, 11) is -3.86. The number of nitrogens with zero attached hydrogens (tertiary/aromatic N) is 1. The van der Waals surface area contributed by atoms with Crippen LogP contribution in [0.5, 0.6) is 0 Å². The van der Waals surface area contributed by atoms with Gasteiger partial charge in [-0.3, -0.25) is 9.71 Å². The van der Waals surface area contributed by atoms with E-state index < -0.39 is 16.0 Å². The van der Waals surface area contributed by atoms with Crippen molar-refractivity contribution in [3.63, 3.8) is 0 Å². The highest BCUT2D eigenvalue weighted by atomic mass is 32.2. The van der Waals surface area contributed by atoms with Crippen LogP contribution in [0.2, 0.25) is 0 Å². The minimum absolute atomic E-state index is 0.0409. The summed E-state index contributed by atoms with van der Waals surface area (Å²) in [6.45, 7) is 3.29. The number of carboxylic acid groups (broad SMARTS) is 1. The van der Waals surface area contributed by atoms with E-state index in [9.17, 15) is 13.2 Å². The van der Waals surface area contributed by atoms with Crippen LogP contribution in [0, 0.1) is 13.8 Å². The molecule has 0 atom stereocenters. The summed E-state index contributed by atoms with van der Waals surface area (Å²) < 4.78 is 27.0. The molecule has 1 aromatic heterocycles. The quantitative estimate of drug-likeness (QED) is 0.902. The lowest BCUT2D eigenvalue weighted by Crippen LogP contribution is -2.15. The Kier molecular flexibility index (Phi) is 3.95. The van der Waals surface area contributed by atoms with Gasteiger partial charge < -0.3 is 5.11 Å². The first kappa shape index (κ1) is 15.0. The van der Waals surface area contributed by atoms with Crippen LogP contribution in [0.4, 0.5) is 5.69 Å². The van der Waals surface area contributed by atoms with Crippen molar-refractivity contribution in [1.82, 2.24) is 4.98 Å². The zero-order valence-electron chi connectivity index (χ0n) is 11.5. The maximum Gasteiger partial charge on any atom is 0.335 e. The Morgan fingerprint density at radius 2 is 1.95 bits per heavy atom. The van der Waals surface area contributed by atoms with Gasteiger partial charge in [0.05, 0.1) is 21.8 Å². The molecule has 21 heavy (non-hydrogen) atoms. The summed E-state index contributed by atoms with van der Waals surface area (Å²) in [5.41, 5.74) is 1.35. The second-order valence-electron chi connectivity index (χ2n) is 4.52. The molecule has 0 saturated carbocycles. The van der Waals surface area contributed by atoms with Gasteiger partial charge in [0.15, 0.2) is 0 Å². The molecule has 1 aromatic carbocycles. The summed E-state index contributed by atoms with van der Waals surface area (Å²) in [5.74, 6) is -1.16. The van der Waals surface area contributed by atoms with Crippen LogP contribution >= 0.6 is 0 Å². The Bertz CT molecular complexity index is 800. The molecule has 0 aliphatic heterocycles. The van der Waals surface area contributed by atoms with Crippen LogP contribution in [-0.4, -0.2) is 24.5 Å². The third kappa shape index (κ3) is 3.19. The third-order valence-corrected chi connectivity index (χ3v) is 4.36. The maximum atomic E-state index is 12.3. The van der Waals surface area contributed by atoms with E-state index in [0.717, 1.165) is 6.07 Å². The van der Waals surface area contributed by atoms with Gasteiger partial charge in [0, 0.05) is 6.20 Å². The van der Waals surface area contributed by atoms with Gasteiger partial charge in [-0.1, -0.05) is 6.07 Å². The fourth-order valence-corrected chi connectivity index (χ4v) is 2.94. The summed E-state index contributed by atoms with van der Waals surface area (Å²) >= 11 is 0. The largest absolute Gasteiger partial charge is 0.478 e. The number of aromatic nitrogens is 1. The molecule has 0 radical (unpaired) electrons. The number of carboxylic acids is 1. The van der Waals surface area contributed by atoms with E-state index in [2.05, 4.69) is 9.71 Å². The Balaban J connectivity index is 2.43. The molecule has 0 bridgehead atoms. The van der Waals surface area contributed by atoms with E-state index in [4.69, 9.17) is 5.11 Å². The summed E-state index contributed by atoms with van der Waals surface area (Å²) in [6, 6.07) is 7.19. The SMILES string of the molecule is Cc1ccc(S(=O)(=O)Nc2cccnc2C)cc1C(=O)O. The smallest absolute Gasteiger partial charge is 0.335 e. The Morgan fingerprint density at radius 1 is 1.24 bits per heavy atom. The van der Waals surface area contributed by atoms with Gasteiger partial charge >= 0.3 is 5.97 Å². The molecule has 0 aliphatic rings. The van der Waals surface area contributed by atoms with Crippen molar-refractivity contribution in [2.45, 2.75) is 18.7 Å². The molecule has 0 spiro atoms. The normalized spacial score (nSPS) is 11.1. The number of aryl methyl sites for hydroxylation is 2. The number of carbonyl (C=O) groups is 1. The third-order valence-electron chi connectivity index (χ3n) is 3.00. The van der Waals surface area contributed by atoms with Gasteiger partial charge in [-0.2, -0.15) is 0 Å². The minimum atomic E-state index is -3.86. The number of sulfonamides is 1. The van der Waals surface area contributed by atoms with E-state index in [1.807, 2.05) is 0 Å². The molecule has 2 N–H and O–H groups in total. The highest BCUT2D eigenvalue weighted by Gasteiger charge is 2.18. The first-order valence-corrected chi connectivity index (χ1v) is 7.58. The van der Waals surface area contributed by atoms with Crippen molar-refractivity contribution in [1.29, 1.82) is 0 Å². The number of nitrogens with one attached hydrogen (secondary N) is 1. The molecule has 2 rings (SSSR count). The number of hydrogen-bond acceptors (Lipinski definition) is 4. The Labute approximate surface area is 122 Å². The molecular weight excluding hydrogens is 292 g/mol. The second kappa shape index (κ2) is 5.53. The summed E-state index contributed by atoms with van der Waals surface area (Å²) in [4.78, 5) is 15.0. The van der Waals surface area contributed by atoms with Crippen molar-refractivity contribution in [3.8, 4) is 0 Å². The van der Waals surface area contributed by atoms with Gasteiger partial charge in [-0.05, 0) is 43.7 Å². The van der Waals surface area contributed by atoms with Crippen molar-refractivity contribution >= 4 is 21.7 Å². The number of benzene rings is 1. The zero-order valence-corrected chi connectivity index (χ0v) is 12.3. The van der Waals surface area contributed by atoms with Crippen LogP contribution in [0.1, 0.15) is 21.6 Å². The predicted octanol–water partition coefficient (Wildman–Crippen LogP) is 2.20. The maximum absolute atomic E-state index is 12.3. The summed E-state index contributed by atoms with van der Waals surface area (Å²) in [5, 5.41) is 9.06. The number of hydrogen-bond donors (Lipinski definition) is 2. The van der Waals surface area contributed by atoms with Gasteiger partial charge in [-0.25, -0.2) is 13.2 Å². The molecule has 7 heteroatoms. The predicted molar refractivity (Wildman–Crippen MR) is 77.9 cm³/mol. The van der Waals surface area contributed by atoms with Crippen molar-refractivity contribution in [2.75, 3.05) is 4.72 Å². The van der Waals surface area contributed by atoms with Crippen LogP contribution in [0.15, 0.2) is 41.4 Å².